The highest BCUT2D eigenvalue weighted by molar-refractivity contribution is 5.76. The van der Waals surface area contributed by atoms with Crippen LogP contribution in [0.1, 0.15) is 70.1 Å². The number of amides is 1. The van der Waals surface area contributed by atoms with Crippen molar-refractivity contribution in [3.8, 4) is 17.6 Å². The average Bonchev–Trinajstić information content (AvgIpc) is 3.28. The Morgan fingerprint density at radius 2 is 1.84 bits per heavy atom. The van der Waals surface area contributed by atoms with Gasteiger partial charge in [0.05, 0.1) is 16.7 Å². The van der Waals surface area contributed by atoms with Crippen molar-refractivity contribution >= 4 is 17.1 Å². The van der Waals surface area contributed by atoms with Crippen molar-refractivity contribution < 1.29 is 23.0 Å². The lowest BCUT2D eigenvalue weighted by molar-refractivity contribution is 0.0105. The van der Waals surface area contributed by atoms with Gasteiger partial charge < -0.3 is 14.4 Å². The summed E-state index contributed by atoms with van der Waals surface area (Å²) in [5, 5.41) is 9.24. The van der Waals surface area contributed by atoms with E-state index in [2.05, 4.69) is 4.98 Å². The molecule has 1 aliphatic heterocycles. The highest BCUT2D eigenvalue weighted by Crippen LogP contribution is 2.52. The average molecular weight is 521 g/mol. The number of nitriles is 1. The number of halogens is 2. The summed E-state index contributed by atoms with van der Waals surface area (Å²) in [7, 11) is 0. The maximum Gasteiger partial charge on any atom is 0.410 e. The molecule has 1 saturated carbocycles. The number of carbonyl (C=O) groups is 1. The van der Waals surface area contributed by atoms with E-state index in [0.29, 0.717) is 24.1 Å². The summed E-state index contributed by atoms with van der Waals surface area (Å²) < 4.78 is 39.4. The number of rotatable bonds is 3. The third kappa shape index (κ3) is 5.26. The van der Waals surface area contributed by atoms with E-state index in [1.165, 1.54) is 0 Å². The molecule has 2 aromatic carbocycles. The fourth-order valence-electron chi connectivity index (χ4n) is 5.52. The van der Waals surface area contributed by atoms with Gasteiger partial charge in [-0.2, -0.15) is 5.26 Å². The normalized spacial score (nSPS) is 18.9. The molecule has 5 rings (SSSR count). The number of fused-ring (bicyclic) bond motifs is 1. The monoisotopic (exact) mass is 520 g/mol. The molecule has 2 heterocycles. The Labute approximate surface area is 220 Å². The first kappa shape index (κ1) is 25.8. The zero-order chi connectivity index (χ0) is 27.1. The number of ether oxygens (including phenoxy) is 2. The van der Waals surface area contributed by atoms with E-state index in [1.54, 1.807) is 29.2 Å². The molecular weight excluding hydrogens is 490 g/mol. The summed E-state index contributed by atoms with van der Waals surface area (Å²) in [5.74, 6) is -1.64. The van der Waals surface area contributed by atoms with Crippen molar-refractivity contribution in [3.05, 3.63) is 59.4 Å². The molecule has 9 heteroatoms. The van der Waals surface area contributed by atoms with Crippen LogP contribution in [0.15, 0.2) is 36.5 Å². The van der Waals surface area contributed by atoms with Crippen LogP contribution in [-0.2, 0) is 4.74 Å². The van der Waals surface area contributed by atoms with Crippen LogP contribution in [-0.4, -0.2) is 39.7 Å². The highest BCUT2D eigenvalue weighted by Gasteiger charge is 2.43. The Balaban J connectivity index is 1.30. The summed E-state index contributed by atoms with van der Waals surface area (Å²) in [4.78, 5) is 23.7. The van der Waals surface area contributed by atoms with E-state index in [0.717, 1.165) is 49.9 Å². The number of hydrogen-bond acceptors (Lipinski definition) is 6. The number of nitrogens with zero attached hydrogens (tertiary/aromatic N) is 4. The number of benzene rings is 2. The van der Waals surface area contributed by atoms with E-state index < -0.39 is 28.5 Å². The van der Waals surface area contributed by atoms with E-state index >= 15 is 0 Å². The van der Waals surface area contributed by atoms with Gasteiger partial charge in [-0.3, -0.25) is 4.98 Å². The van der Waals surface area contributed by atoms with Gasteiger partial charge in [-0.15, -0.1) is 0 Å². The predicted octanol–water partition coefficient (Wildman–Crippen LogP) is 6.86. The molecule has 2 fully saturated rings. The molecular formula is C29H30F2N4O3. The molecule has 0 N–H and O–H groups in total. The quantitative estimate of drug-likeness (QED) is 0.375. The van der Waals surface area contributed by atoms with Crippen LogP contribution in [0, 0.1) is 28.4 Å². The van der Waals surface area contributed by atoms with Crippen molar-refractivity contribution in [1.82, 2.24) is 14.9 Å². The van der Waals surface area contributed by atoms with Crippen molar-refractivity contribution in [3.63, 3.8) is 0 Å². The Bertz CT molecular complexity index is 1420. The van der Waals surface area contributed by atoms with Crippen molar-refractivity contribution in [2.75, 3.05) is 13.1 Å². The van der Waals surface area contributed by atoms with Gasteiger partial charge in [0.15, 0.2) is 11.6 Å². The summed E-state index contributed by atoms with van der Waals surface area (Å²) in [5.41, 5.74) is 1.30. The van der Waals surface area contributed by atoms with Gasteiger partial charge >= 0.3 is 6.09 Å². The second-order valence-corrected chi connectivity index (χ2v) is 11.3. The first-order valence-corrected chi connectivity index (χ1v) is 12.9. The molecule has 1 aliphatic carbocycles. The zero-order valence-corrected chi connectivity index (χ0v) is 21.8. The van der Waals surface area contributed by atoms with Crippen molar-refractivity contribution in [2.24, 2.45) is 5.41 Å². The first-order valence-electron chi connectivity index (χ1n) is 12.9. The maximum atomic E-state index is 14.3. The molecule has 3 aromatic rings. The predicted molar refractivity (Wildman–Crippen MR) is 137 cm³/mol. The van der Waals surface area contributed by atoms with Gasteiger partial charge in [0.25, 0.3) is 0 Å². The Morgan fingerprint density at radius 3 is 2.55 bits per heavy atom. The first-order chi connectivity index (χ1) is 18.1. The lowest BCUT2D eigenvalue weighted by Crippen LogP contribution is -2.44. The van der Waals surface area contributed by atoms with Gasteiger partial charge in [0, 0.05) is 31.3 Å². The minimum absolute atomic E-state index is 0.174. The second kappa shape index (κ2) is 9.82. The SMILES string of the molecule is CC(C)(C)OC(=O)N1CCC2(CCC(c3cnc4ccc(Oc5c(F)ccc(F)c5C#N)cc4n3)C2)CC1. The molecule has 1 saturated heterocycles. The summed E-state index contributed by atoms with van der Waals surface area (Å²) in [6.45, 7) is 7.00. The minimum Gasteiger partial charge on any atom is -0.453 e. The molecule has 1 atom stereocenters. The number of piperidine rings is 1. The Kier molecular flexibility index (Phi) is 6.68. The summed E-state index contributed by atoms with van der Waals surface area (Å²) in [6, 6.07) is 8.40. The lowest BCUT2D eigenvalue weighted by atomic mass is 9.76. The van der Waals surface area contributed by atoms with E-state index in [-0.39, 0.29) is 23.2 Å². The topological polar surface area (TPSA) is 88.3 Å². The van der Waals surface area contributed by atoms with E-state index in [4.69, 9.17) is 14.5 Å². The number of carbonyl (C=O) groups excluding carboxylic acids is 1. The molecule has 7 nitrogen and oxygen atoms in total. The minimum atomic E-state index is -0.848. The summed E-state index contributed by atoms with van der Waals surface area (Å²) in [6.07, 6.45) is 6.46. The van der Waals surface area contributed by atoms with Crippen LogP contribution in [0.25, 0.3) is 11.0 Å². The molecule has 0 bridgehead atoms. The van der Waals surface area contributed by atoms with Crippen molar-refractivity contribution in [2.45, 2.75) is 64.4 Å². The smallest absolute Gasteiger partial charge is 0.410 e. The fourth-order valence-corrected chi connectivity index (χ4v) is 5.52. The molecule has 198 valence electrons. The van der Waals surface area contributed by atoms with Crippen molar-refractivity contribution in [1.29, 1.82) is 5.26 Å². The molecule has 1 spiro atoms. The second-order valence-electron chi connectivity index (χ2n) is 11.3. The van der Waals surface area contributed by atoms with Crippen LogP contribution in [0.2, 0.25) is 0 Å². The van der Waals surface area contributed by atoms with Crippen LogP contribution < -0.4 is 4.74 Å². The Hall–Kier alpha value is -3.80. The largest absolute Gasteiger partial charge is 0.453 e. The molecule has 0 radical (unpaired) electrons. The molecule has 1 amide bonds. The van der Waals surface area contributed by atoms with Gasteiger partial charge in [0.2, 0.25) is 0 Å². The number of hydrogen-bond donors (Lipinski definition) is 0. The van der Waals surface area contributed by atoms with Crippen LogP contribution >= 0.6 is 0 Å². The standard InChI is InChI=1S/C29H30F2N4O3/c1-28(2,3)38-27(36)35-12-10-29(11-13-35)9-8-18(15-29)25-17-33-23-7-4-19(14-24(23)34-25)37-26-20(16-32)21(30)5-6-22(26)31/h4-7,14,17-18H,8-13,15H2,1-3H3. The Morgan fingerprint density at radius 1 is 1.11 bits per heavy atom. The van der Waals surface area contributed by atoms with E-state index in [9.17, 15) is 18.8 Å². The molecule has 2 aliphatic rings. The van der Waals surface area contributed by atoms with E-state index in [1.807, 2.05) is 27.0 Å². The molecule has 1 aromatic heterocycles. The van der Waals surface area contributed by atoms with Crippen LogP contribution in [0.3, 0.4) is 0 Å². The lowest BCUT2D eigenvalue weighted by Gasteiger charge is -2.40. The third-order valence-corrected chi connectivity index (χ3v) is 7.52. The highest BCUT2D eigenvalue weighted by atomic mass is 19.1. The van der Waals surface area contributed by atoms with Gasteiger partial charge in [0.1, 0.15) is 28.8 Å². The summed E-state index contributed by atoms with van der Waals surface area (Å²) >= 11 is 0. The van der Waals surface area contributed by atoms with Gasteiger partial charge in [-0.25, -0.2) is 18.6 Å². The molecule has 1 unspecified atom stereocenters. The van der Waals surface area contributed by atoms with Crippen LogP contribution in [0.5, 0.6) is 11.5 Å². The van der Waals surface area contributed by atoms with Gasteiger partial charge in [-0.1, -0.05) is 0 Å². The zero-order valence-electron chi connectivity index (χ0n) is 21.8. The molecule has 38 heavy (non-hydrogen) atoms. The maximum absolute atomic E-state index is 14.3. The van der Waals surface area contributed by atoms with Gasteiger partial charge in [-0.05, 0) is 82.6 Å². The van der Waals surface area contributed by atoms with Crippen LogP contribution in [0.4, 0.5) is 13.6 Å². The third-order valence-electron chi connectivity index (χ3n) is 7.52. The number of aromatic nitrogens is 2. The number of likely N-dealkylation sites (tertiary alicyclic amines) is 1. The fraction of sp³-hybridized carbons (Fsp3) is 0.448.